The van der Waals surface area contributed by atoms with E-state index in [2.05, 4.69) is 4.74 Å². The van der Waals surface area contributed by atoms with Crippen LogP contribution in [-0.2, 0) is 9.47 Å². The summed E-state index contributed by atoms with van der Waals surface area (Å²) in [5.41, 5.74) is 0. The van der Waals surface area contributed by atoms with Crippen LogP contribution < -0.4 is 0 Å². The predicted molar refractivity (Wildman–Crippen MR) is 37.5 cm³/mol. The zero-order chi connectivity index (χ0) is 8.27. The van der Waals surface area contributed by atoms with Gasteiger partial charge in [0.1, 0.15) is 6.10 Å². The van der Waals surface area contributed by atoms with Crippen molar-refractivity contribution >= 4 is 6.16 Å². The van der Waals surface area contributed by atoms with E-state index >= 15 is 0 Å². The third-order valence-corrected chi connectivity index (χ3v) is 1.80. The molecule has 0 spiro atoms. The van der Waals surface area contributed by atoms with Crippen molar-refractivity contribution in [1.29, 1.82) is 0 Å². The summed E-state index contributed by atoms with van der Waals surface area (Å²) in [5.74, 6) is 0. The Morgan fingerprint density at radius 2 is 2.55 bits per heavy atom. The average Bonchev–Trinajstić information content (AvgIpc) is 2.34. The van der Waals surface area contributed by atoms with Crippen molar-refractivity contribution in [2.24, 2.45) is 0 Å². The maximum absolute atomic E-state index is 10.1. The van der Waals surface area contributed by atoms with Crippen LogP contribution in [0.15, 0.2) is 0 Å². The van der Waals surface area contributed by atoms with Crippen molar-refractivity contribution in [3.63, 3.8) is 0 Å². The van der Waals surface area contributed by atoms with Crippen LogP contribution in [-0.4, -0.2) is 30.1 Å². The zero-order valence-corrected chi connectivity index (χ0v) is 6.45. The Kier molecular flexibility index (Phi) is 2.70. The Morgan fingerprint density at radius 1 is 1.82 bits per heavy atom. The van der Waals surface area contributed by atoms with Crippen LogP contribution in [0, 0.1) is 0 Å². The minimum Gasteiger partial charge on any atom is -0.450 e. The van der Waals surface area contributed by atoms with Gasteiger partial charge in [-0.3, -0.25) is 0 Å². The molecule has 0 aromatic heterocycles. The lowest BCUT2D eigenvalue weighted by molar-refractivity contribution is 0.00319. The SMILES string of the molecule is CC[C@H]1OCCC1OC(=O)O. The van der Waals surface area contributed by atoms with Crippen LogP contribution in [0.1, 0.15) is 19.8 Å². The summed E-state index contributed by atoms with van der Waals surface area (Å²) in [6.07, 6.45) is -0.00880. The lowest BCUT2D eigenvalue weighted by Gasteiger charge is -2.14. The monoisotopic (exact) mass is 160 g/mol. The quantitative estimate of drug-likeness (QED) is 0.617. The molecule has 2 atom stereocenters. The Labute approximate surface area is 65.1 Å². The van der Waals surface area contributed by atoms with Gasteiger partial charge in [0.25, 0.3) is 0 Å². The smallest absolute Gasteiger partial charge is 0.450 e. The number of hydrogen-bond donors (Lipinski definition) is 1. The van der Waals surface area contributed by atoms with E-state index in [-0.39, 0.29) is 12.2 Å². The second kappa shape index (κ2) is 3.57. The minimum atomic E-state index is -1.21. The first-order chi connectivity index (χ1) is 5.24. The van der Waals surface area contributed by atoms with E-state index in [0.29, 0.717) is 13.0 Å². The van der Waals surface area contributed by atoms with E-state index in [1.807, 2.05) is 6.92 Å². The first-order valence-electron chi connectivity index (χ1n) is 3.75. The van der Waals surface area contributed by atoms with Gasteiger partial charge in [0.2, 0.25) is 0 Å². The third-order valence-electron chi connectivity index (χ3n) is 1.80. The average molecular weight is 160 g/mol. The summed E-state index contributed by atoms with van der Waals surface area (Å²) in [6.45, 7) is 2.56. The largest absolute Gasteiger partial charge is 0.506 e. The molecular formula is C7H12O4. The summed E-state index contributed by atoms with van der Waals surface area (Å²) in [6, 6.07) is 0. The lowest BCUT2D eigenvalue weighted by Crippen LogP contribution is -2.25. The molecule has 4 nitrogen and oxygen atoms in total. The lowest BCUT2D eigenvalue weighted by atomic mass is 10.1. The number of ether oxygens (including phenoxy) is 2. The fourth-order valence-electron chi connectivity index (χ4n) is 1.27. The predicted octanol–water partition coefficient (Wildman–Crippen LogP) is 1.25. The molecule has 1 rings (SSSR count). The van der Waals surface area contributed by atoms with Gasteiger partial charge in [0, 0.05) is 6.42 Å². The maximum atomic E-state index is 10.1. The van der Waals surface area contributed by atoms with Gasteiger partial charge in [-0.05, 0) is 6.42 Å². The summed E-state index contributed by atoms with van der Waals surface area (Å²) >= 11 is 0. The first kappa shape index (κ1) is 8.33. The van der Waals surface area contributed by atoms with Gasteiger partial charge in [0.15, 0.2) is 0 Å². The third kappa shape index (κ3) is 2.08. The number of carbonyl (C=O) groups is 1. The summed E-state index contributed by atoms with van der Waals surface area (Å²) in [4.78, 5) is 10.1. The molecule has 1 fully saturated rings. The van der Waals surface area contributed by atoms with Crippen molar-refractivity contribution in [3.05, 3.63) is 0 Å². The van der Waals surface area contributed by atoms with E-state index in [1.54, 1.807) is 0 Å². The van der Waals surface area contributed by atoms with Gasteiger partial charge in [-0.2, -0.15) is 0 Å². The van der Waals surface area contributed by atoms with E-state index in [4.69, 9.17) is 9.84 Å². The summed E-state index contributed by atoms with van der Waals surface area (Å²) in [7, 11) is 0. The minimum absolute atomic E-state index is 0.0360. The normalized spacial score (nSPS) is 30.3. The zero-order valence-electron chi connectivity index (χ0n) is 6.45. The molecule has 1 heterocycles. The molecule has 11 heavy (non-hydrogen) atoms. The highest BCUT2D eigenvalue weighted by Gasteiger charge is 2.29. The van der Waals surface area contributed by atoms with Crippen LogP contribution in [0.25, 0.3) is 0 Å². The summed E-state index contributed by atoms with van der Waals surface area (Å²) in [5, 5.41) is 8.31. The van der Waals surface area contributed by atoms with Crippen LogP contribution in [0.2, 0.25) is 0 Å². The topological polar surface area (TPSA) is 55.8 Å². The molecule has 4 heteroatoms. The Bertz CT molecular complexity index is 145. The standard InChI is InChI=1S/C7H12O4/c1-2-5-6(3-4-10-5)11-7(8)9/h5-6H,2-4H2,1H3,(H,8,9)/t5-,6?/m1/s1. The van der Waals surface area contributed by atoms with Crippen molar-refractivity contribution in [1.82, 2.24) is 0 Å². The Hall–Kier alpha value is -0.770. The molecule has 0 aromatic carbocycles. The highest BCUT2D eigenvalue weighted by atomic mass is 16.7. The molecule has 0 bridgehead atoms. The number of carboxylic acid groups (broad SMARTS) is 1. The van der Waals surface area contributed by atoms with E-state index < -0.39 is 6.16 Å². The number of hydrogen-bond acceptors (Lipinski definition) is 3. The Morgan fingerprint density at radius 3 is 3.09 bits per heavy atom. The van der Waals surface area contributed by atoms with Gasteiger partial charge >= 0.3 is 6.16 Å². The second-order valence-electron chi connectivity index (χ2n) is 2.53. The second-order valence-corrected chi connectivity index (χ2v) is 2.53. The van der Waals surface area contributed by atoms with Crippen molar-refractivity contribution in [2.75, 3.05) is 6.61 Å². The van der Waals surface area contributed by atoms with Crippen LogP contribution in [0.5, 0.6) is 0 Å². The molecule has 1 saturated heterocycles. The molecule has 1 aliphatic rings. The van der Waals surface area contributed by atoms with E-state index in [0.717, 1.165) is 6.42 Å². The fraction of sp³-hybridized carbons (Fsp3) is 0.857. The molecule has 0 radical (unpaired) electrons. The van der Waals surface area contributed by atoms with Crippen LogP contribution in [0.4, 0.5) is 4.79 Å². The highest BCUT2D eigenvalue weighted by molar-refractivity contribution is 5.57. The van der Waals surface area contributed by atoms with Gasteiger partial charge in [-0.25, -0.2) is 4.79 Å². The van der Waals surface area contributed by atoms with Gasteiger partial charge in [0.05, 0.1) is 12.7 Å². The van der Waals surface area contributed by atoms with Crippen LogP contribution in [0.3, 0.4) is 0 Å². The van der Waals surface area contributed by atoms with Crippen molar-refractivity contribution in [2.45, 2.75) is 32.0 Å². The van der Waals surface area contributed by atoms with Gasteiger partial charge in [-0.1, -0.05) is 6.92 Å². The molecule has 1 N–H and O–H groups in total. The Balaban J connectivity index is 2.37. The highest BCUT2D eigenvalue weighted by Crippen LogP contribution is 2.19. The molecule has 1 unspecified atom stereocenters. The van der Waals surface area contributed by atoms with Crippen molar-refractivity contribution < 1.29 is 19.4 Å². The molecule has 0 saturated carbocycles. The maximum Gasteiger partial charge on any atom is 0.506 e. The molecule has 1 aliphatic heterocycles. The first-order valence-corrected chi connectivity index (χ1v) is 3.75. The number of rotatable bonds is 2. The molecule has 64 valence electrons. The summed E-state index contributed by atoms with van der Waals surface area (Å²) < 4.78 is 9.83. The van der Waals surface area contributed by atoms with E-state index in [9.17, 15) is 4.79 Å². The van der Waals surface area contributed by atoms with E-state index in [1.165, 1.54) is 0 Å². The molecule has 0 amide bonds. The molecule has 0 aliphatic carbocycles. The molecular weight excluding hydrogens is 148 g/mol. The van der Waals surface area contributed by atoms with Gasteiger partial charge < -0.3 is 14.6 Å². The van der Waals surface area contributed by atoms with Gasteiger partial charge in [-0.15, -0.1) is 0 Å². The molecule has 0 aromatic rings. The van der Waals surface area contributed by atoms with Crippen LogP contribution >= 0.6 is 0 Å². The fourth-order valence-corrected chi connectivity index (χ4v) is 1.27. The van der Waals surface area contributed by atoms with Crippen molar-refractivity contribution in [3.8, 4) is 0 Å².